The minimum Gasteiger partial charge on any atom is -0.504 e. The predicted octanol–water partition coefficient (Wildman–Crippen LogP) is 2.88. The van der Waals surface area contributed by atoms with E-state index in [0.29, 0.717) is 29.2 Å². The van der Waals surface area contributed by atoms with Crippen molar-refractivity contribution in [1.82, 2.24) is 0 Å². The monoisotopic (exact) mass is 360 g/mol. The second-order valence-electron chi connectivity index (χ2n) is 5.71. The van der Waals surface area contributed by atoms with Gasteiger partial charge in [-0.3, -0.25) is 0 Å². The first kappa shape index (κ1) is 17.7. The number of fused-ring (bicyclic) bond motifs is 1. The Balaban J connectivity index is 2.02. The number of benzene rings is 2. The zero-order chi connectivity index (χ0) is 18.8. The van der Waals surface area contributed by atoms with E-state index in [-0.39, 0.29) is 17.1 Å². The van der Waals surface area contributed by atoms with Crippen LogP contribution in [0.4, 0.5) is 0 Å². The molecule has 26 heavy (non-hydrogen) atoms. The van der Waals surface area contributed by atoms with Crippen LogP contribution in [-0.2, 0) is 11.2 Å². The van der Waals surface area contributed by atoms with Gasteiger partial charge in [0.05, 0.1) is 28.4 Å². The van der Waals surface area contributed by atoms with Gasteiger partial charge in [0, 0.05) is 6.42 Å². The van der Waals surface area contributed by atoms with E-state index >= 15 is 0 Å². The molecule has 2 aromatic carbocycles. The number of phenolic OH excluding ortho intramolecular Hbond substituents is 1. The van der Waals surface area contributed by atoms with Gasteiger partial charge < -0.3 is 28.8 Å². The second kappa shape index (κ2) is 7.03. The van der Waals surface area contributed by atoms with Crippen LogP contribution >= 0.6 is 0 Å². The average Bonchev–Trinajstić information content (AvgIpc) is 2.66. The maximum absolute atomic E-state index is 12.5. The van der Waals surface area contributed by atoms with E-state index in [0.717, 1.165) is 5.56 Å². The molecule has 7 nitrogen and oxygen atoms in total. The van der Waals surface area contributed by atoms with Gasteiger partial charge in [0.25, 0.3) is 0 Å². The zero-order valence-electron chi connectivity index (χ0n) is 15.0. The molecule has 0 aromatic heterocycles. The fraction of sp³-hybridized carbons (Fsp3) is 0.316. The number of hydrogen-bond acceptors (Lipinski definition) is 7. The molecule has 2 aromatic rings. The van der Waals surface area contributed by atoms with Gasteiger partial charge in [-0.2, -0.15) is 0 Å². The number of carbonyl (C=O) groups is 1. The van der Waals surface area contributed by atoms with Gasteiger partial charge in [-0.1, -0.05) is 6.07 Å². The summed E-state index contributed by atoms with van der Waals surface area (Å²) in [5.74, 6) is 0.684. The summed E-state index contributed by atoms with van der Waals surface area (Å²) >= 11 is 0. The van der Waals surface area contributed by atoms with Crippen LogP contribution in [0.3, 0.4) is 0 Å². The van der Waals surface area contributed by atoms with Crippen LogP contribution in [0.15, 0.2) is 24.3 Å². The van der Waals surface area contributed by atoms with E-state index in [1.807, 2.05) is 6.07 Å². The molecule has 0 spiro atoms. The van der Waals surface area contributed by atoms with Gasteiger partial charge in [0.1, 0.15) is 11.7 Å². The van der Waals surface area contributed by atoms with E-state index in [2.05, 4.69) is 0 Å². The van der Waals surface area contributed by atoms with Crippen LogP contribution < -0.4 is 18.9 Å². The Morgan fingerprint density at radius 2 is 1.65 bits per heavy atom. The molecule has 0 aliphatic carbocycles. The summed E-state index contributed by atoms with van der Waals surface area (Å²) in [5.41, 5.74) is 1.48. The minimum atomic E-state index is -0.621. The zero-order valence-corrected chi connectivity index (χ0v) is 15.0. The first-order valence-electron chi connectivity index (χ1n) is 7.93. The lowest BCUT2D eigenvalue weighted by molar-refractivity contribution is 0.0246. The molecule has 1 aliphatic heterocycles. The highest BCUT2D eigenvalue weighted by Crippen LogP contribution is 2.45. The Morgan fingerprint density at radius 3 is 2.27 bits per heavy atom. The number of hydrogen-bond donors (Lipinski definition) is 1. The third-order valence-electron chi connectivity index (χ3n) is 4.36. The average molecular weight is 360 g/mol. The largest absolute Gasteiger partial charge is 0.504 e. The Labute approximate surface area is 151 Å². The SMILES string of the molecule is COc1ccc([C@@H]2Cc3cc(OC)c(OC)c(O)c3C(=O)O2)cc1OC. The van der Waals surface area contributed by atoms with E-state index < -0.39 is 12.1 Å². The standard InChI is InChI=1S/C19H20O7/c1-22-12-6-5-10(7-14(12)23-2)13-8-11-9-15(24-3)18(25-4)17(20)16(11)19(21)26-13/h5-7,9,13,20H,8H2,1-4H3/t13-/m0/s1. The number of phenols is 1. The molecule has 0 unspecified atom stereocenters. The Kier molecular flexibility index (Phi) is 4.79. The summed E-state index contributed by atoms with van der Waals surface area (Å²) in [7, 11) is 5.96. The normalized spacial score (nSPS) is 15.7. The minimum absolute atomic E-state index is 0.0966. The lowest BCUT2D eigenvalue weighted by atomic mass is 9.93. The number of esters is 1. The van der Waals surface area contributed by atoms with E-state index in [4.69, 9.17) is 23.7 Å². The summed E-state index contributed by atoms with van der Waals surface area (Å²) in [6, 6.07) is 7.01. The molecule has 1 heterocycles. The van der Waals surface area contributed by atoms with E-state index in [1.54, 1.807) is 32.4 Å². The highest BCUT2D eigenvalue weighted by atomic mass is 16.5. The molecule has 1 N–H and O–H groups in total. The van der Waals surface area contributed by atoms with Crippen molar-refractivity contribution in [2.45, 2.75) is 12.5 Å². The van der Waals surface area contributed by atoms with Crippen molar-refractivity contribution in [1.29, 1.82) is 0 Å². The summed E-state index contributed by atoms with van der Waals surface area (Å²) in [4.78, 5) is 12.5. The fourth-order valence-electron chi connectivity index (χ4n) is 3.08. The number of aromatic hydroxyl groups is 1. The quantitative estimate of drug-likeness (QED) is 0.821. The first-order valence-corrected chi connectivity index (χ1v) is 7.93. The Bertz CT molecular complexity index is 844. The van der Waals surface area contributed by atoms with Crippen LogP contribution in [-0.4, -0.2) is 39.5 Å². The molecule has 1 aliphatic rings. The number of ether oxygens (including phenoxy) is 5. The highest BCUT2D eigenvalue weighted by molar-refractivity contribution is 5.97. The van der Waals surface area contributed by atoms with Crippen molar-refractivity contribution in [3.05, 3.63) is 41.0 Å². The summed E-state index contributed by atoms with van der Waals surface area (Å²) < 4.78 is 26.5. The molecule has 0 bridgehead atoms. The third-order valence-corrected chi connectivity index (χ3v) is 4.36. The molecule has 0 fully saturated rings. The van der Waals surface area contributed by atoms with Gasteiger partial charge in [0.2, 0.25) is 5.75 Å². The van der Waals surface area contributed by atoms with E-state index in [9.17, 15) is 9.90 Å². The molecule has 3 rings (SSSR count). The Hall–Kier alpha value is -3.09. The molecule has 0 saturated carbocycles. The molecule has 7 heteroatoms. The molecule has 0 radical (unpaired) electrons. The van der Waals surface area contributed by atoms with Gasteiger partial charge in [-0.15, -0.1) is 0 Å². The van der Waals surface area contributed by atoms with Crippen LogP contribution in [0, 0.1) is 0 Å². The van der Waals surface area contributed by atoms with Crippen LogP contribution in [0.2, 0.25) is 0 Å². The lowest BCUT2D eigenvalue weighted by Crippen LogP contribution is -2.22. The second-order valence-corrected chi connectivity index (χ2v) is 5.71. The van der Waals surface area contributed by atoms with Crippen molar-refractivity contribution >= 4 is 5.97 Å². The van der Waals surface area contributed by atoms with Gasteiger partial charge in [0.15, 0.2) is 23.0 Å². The number of methoxy groups -OCH3 is 4. The number of cyclic esters (lactones) is 1. The molecule has 0 saturated heterocycles. The molecule has 1 atom stereocenters. The topological polar surface area (TPSA) is 83.5 Å². The highest BCUT2D eigenvalue weighted by Gasteiger charge is 2.33. The predicted molar refractivity (Wildman–Crippen MR) is 92.6 cm³/mol. The van der Waals surface area contributed by atoms with Crippen LogP contribution in [0.1, 0.15) is 27.6 Å². The molecular formula is C19H20O7. The first-order chi connectivity index (χ1) is 12.5. The van der Waals surface area contributed by atoms with Gasteiger partial charge >= 0.3 is 5.97 Å². The summed E-state index contributed by atoms with van der Waals surface area (Å²) in [6.07, 6.45) is -0.142. The van der Waals surface area contributed by atoms with Crippen molar-refractivity contribution in [3.63, 3.8) is 0 Å². The summed E-state index contributed by atoms with van der Waals surface area (Å²) in [6.45, 7) is 0. The van der Waals surface area contributed by atoms with Gasteiger partial charge in [-0.25, -0.2) is 4.79 Å². The maximum Gasteiger partial charge on any atom is 0.342 e. The Morgan fingerprint density at radius 1 is 0.962 bits per heavy atom. The lowest BCUT2D eigenvalue weighted by Gasteiger charge is -2.27. The van der Waals surface area contributed by atoms with Crippen molar-refractivity contribution in [2.24, 2.45) is 0 Å². The number of carbonyl (C=O) groups excluding carboxylic acids is 1. The molecular weight excluding hydrogens is 340 g/mol. The maximum atomic E-state index is 12.5. The van der Waals surface area contributed by atoms with Crippen molar-refractivity contribution < 1.29 is 33.6 Å². The summed E-state index contributed by atoms with van der Waals surface area (Å²) in [5, 5.41) is 10.4. The van der Waals surface area contributed by atoms with Crippen LogP contribution in [0.25, 0.3) is 0 Å². The van der Waals surface area contributed by atoms with Gasteiger partial charge in [-0.05, 0) is 29.3 Å². The fourth-order valence-corrected chi connectivity index (χ4v) is 3.08. The van der Waals surface area contributed by atoms with Crippen LogP contribution in [0.5, 0.6) is 28.7 Å². The third kappa shape index (κ3) is 2.85. The molecule has 0 amide bonds. The molecule has 138 valence electrons. The smallest absolute Gasteiger partial charge is 0.342 e. The van der Waals surface area contributed by atoms with Crippen molar-refractivity contribution in [2.75, 3.05) is 28.4 Å². The number of rotatable bonds is 5. The van der Waals surface area contributed by atoms with Crippen molar-refractivity contribution in [3.8, 4) is 28.7 Å². The van der Waals surface area contributed by atoms with E-state index in [1.165, 1.54) is 14.2 Å².